The van der Waals surface area contributed by atoms with Crippen molar-refractivity contribution in [2.75, 3.05) is 31.9 Å². The van der Waals surface area contributed by atoms with Crippen LogP contribution in [0.4, 0.5) is 9.18 Å². The summed E-state index contributed by atoms with van der Waals surface area (Å²) >= 11 is 0. The lowest BCUT2D eigenvalue weighted by molar-refractivity contribution is -0.122. The number of nitrogens with one attached hydrogen (secondary N) is 2. The van der Waals surface area contributed by atoms with E-state index in [0.717, 1.165) is 5.56 Å². The van der Waals surface area contributed by atoms with Crippen molar-refractivity contribution in [2.45, 2.75) is 19.0 Å². The smallest absolute Gasteiger partial charge is 0.322 e. The van der Waals surface area contributed by atoms with Crippen molar-refractivity contribution in [3.8, 4) is 0 Å². The number of urea groups is 1. The van der Waals surface area contributed by atoms with Crippen molar-refractivity contribution >= 4 is 22.0 Å². The zero-order chi connectivity index (χ0) is 18.9. The van der Waals surface area contributed by atoms with Gasteiger partial charge in [0.2, 0.25) is 10.0 Å². The Morgan fingerprint density at radius 2 is 1.73 bits per heavy atom. The molecule has 0 aromatic heterocycles. The van der Waals surface area contributed by atoms with Gasteiger partial charge in [0.05, 0.1) is 5.75 Å². The molecule has 2 heterocycles. The zero-order valence-corrected chi connectivity index (χ0v) is 15.2. The van der Waals surface area contributed by atoms with Gasteiger partial charge in [-0.15, -0.1) is 0 Å². The number of carbonyl (C=O) groups is 2. The molecule has 1 atom stereocenters. The molecule has 0 radical (unpaired) electrons. The Bertz CT molecular complexity index is 806. The third-order valence-electron chi connectivity index (χ3n) is 4.63. The molecule has 26 heavy (non-hydrogen) atoms. The van der Waals surface area contributed by atoms with Gasteiger partial charge in [-0.25, -0.2) is 17.6 Å². The summed E-state index contributed by atoms with van der Waals surface area (Å²) in [5, 5.41) is 4.44. The first-order chi connectivity index (χ1) is 12.2. The normalized spacial score (nSPS) is 25.2. The van der Waals surface area contributed by atoms with Crippen LogP contribution in [0.2, 0.25) is 0 Å². The van der Waals surface area contributed by atoms with Crippen molar-refractivity contribution in [1.82, 2.24) is 19.8 Å². The SMILES string of the molecule is CC1(CS(=O)(=O)N2CCN(Cc3ccc(F)cc3)CC2)NC(=O)NC1=O. The highest BCUT2D eigenvalue weighted by Gasteiger charge is 2.46. The summed E-state index contributed by atoms with van der Waals surface area (Å²) < 4.78 is 39.6. The second-order valence-electron chi connectivity index (χ2n) is 6.80. The lowest BCUT2D eigenvalue weighted by Crippen LogP contribution is -2.55. The predicted octanol–water partition coefficient (Wildman–Crippen LogP) is -0.129. The number of halogens is 1. The minimum Gasteiger partial charge on any atom is -0.322 e. The number of amides is 3. The maximum absolute atomic E-state index is 13.0. The third kappa shape index (κ3) is 4.02. The number of hydrogen-bond donors (Lipinski definition) is 2. The lowest BCUT2D eigenvalue weighted by Gasteiger charge is -2.35. The summed E-state index contributed by atoms with van der Waals surface area (Å²) in [4.78, 5) is 25.2. The number of benzene rings is 1. The predicted molar refractivity (Wildman–Crippen MR) is 92.1 cm³/mol. The molecule has 0 spiro atoms. The molecular weight excluding hydrogens is 363 g/mol. The number of carbonyl (C=O) groups excluding carboxylic acids is 2. The molecule has 8 nitrogen and oxygen atoms in total. The third-order valence-corrected chi connectivity index (χ3v) is 6.73. The van der Waals surface area contributed by atoms with E-state index in [1.165, 1.54) is 23.4 Å². The molecule has 2 saturated heterocycles. The Morgan fingerprint density at radius 1 is 1.12 bits per heavy atom. The van der Waals surface area contributed by atoms with E-state index >= 15 is 0 Å². The quantitative estimate of drug-likeness (QED) is 0.689. The number of rotatable bonds is 5. The fraction of sp³-hybridized carbons (Fsp3) is 0.500. The molecule has 1 aromatic carbocycles. The minimum atomic E-state index is -3.70. The second-order valence-corrected chi connectivity index (χ2v) is 8.77. The van der Waals surface area contributed by atoms with Crippen LogP contribution in [-0.2, 0) is 21.4 Å². The highest BCUT2D eigenvalue weighted by Crippen LogP contribution is 2.18. The number of hydrogen-bond acceptors (Lipinski definition) is 5. The Hall–Kier alpha value is -2.04. The first-order valence-corrected chi connectivity index (χ1v) is 9.87. The standard InChI is InChI=1S/C16H21FN4O4S/c1-16(14(22)18-15(23)19-16)11-26(24,25)21-8-6-20(7-9-21)10-12-2-4-13(17)5-3-12/h2-5H,6-11H2,1H3,(H2,18,19,22,23). The van der Waals surface area contributed by atoms with Gasteiger partial charge in [-0.1, -0.05) is 12.1 Å². The molecule has 1 unspecified atom stereocenters. The van der Waals surface area contributed by atoms with Crippen molar-refractivity contribution in [3.05, 3.63) is 35.6 Å². The van der Waals surface area contributed by atoms with Gasteiger partial charge in [0.15, 0.2) is 0 Å². The summed E-state index contributed by atoms with van der Waals surface area (Å²) in [7, 11) is -3.70. The van der Waals surface area contributed by atoms with E-state index < -0.39 is 33.3 Å². The van der Waals surface area contributed by atoms with Crippen LogP contribution in [0.5, 0.6) is 0 Å². The molecule has 0 aliphatic carbocycles. The summed E-state index contributed by atoms with van der Waals surface area (Å²) in [5.41, 5.74) is -0.498. The van der Waals surface area contributed by atoms with Crippen LogP contribution in [0.1, 0.15) is 12.5 Å². The summed E-state index contributed by atoms with van der Waals surface area (Å²) in [6, 6.07) is 5.54. The van der Waals surface area contributed by atoms with Crippen molar-refractivity contribution in [3.63, 3.8) is 0 Å². The monoisotopic (exact) mass is 384 g/mol. The van der Waals surface area contributed by atoms with Crippen LogP contribution in [0.25, 0.3) is 0 Å². The van der Waals surface area contributed by atoms with Gasteiger partial charge in [0.1, 0.15) is 11.4 Å². The number of imide groups is 1. The van der Waals surface area contributed by atoms with Gasteiger partial charge in [-0.05, 0) is 24.6 Å². The number of piperazine rings is 1. The van der Waals surface area contributed by atoms with Crippen LogP contribution >= 0.6 is 0 Å². The topological polar surface area (TPSA) is 98.8 Å². The summed E-state index contributed by atoms with van der Waals surface area (Å²) in [6.45, 7) is 3.68. The van der Waals surface area contributed by atoms with Crippen molar-refractivity contribution < 1.29 is 22.4 Å². The maximum Gasteiger partial charge on any atom is 0.322 e. The molecule has 0 bridgehead atoms. The van der Waals surface area contributed by atoms with Gasteiger partial charge in [-0.3, -0.25) is 15.0 Å². The Balaban J connectivity index is 1.57. The second kappa shape index (κ2) is 6.93. The van der Waals surface area contributed by atoms with Gasteiger partial charge in [0, 0.05) is 32.7 Å². The minimum absolute atomic E-state index is 0.291. The lowest BCUT2D eigenvalue weighted by atomic mass is 10.1. The highest BCUT2D eigenvalue weighted by atomic mass is 32.2. The molecule has 2 fully saturated rings. The van der Waals surface area contributed by atoms with Crippen molar-refractivity contribution in [2.24, 2.45) is 0 Å². The first kappa shape index (κ1) is 18.7. The molecule has 2 N–H and O–H groups in total. The Labute approximate surface area is 151 Å². The molecule has 2 aliphatic rings. The summed E-state index contributed by atoms with van der Waals surface area (Å²) in [6.07, 6.45) is 0. The molecule has 142 valence electrons. The fourth-order valence-corrected chi connectivity index (χ4v) is 4.99. The van der Waals surface area contributed by atoms with E-state index in [9.17, 15) is 22.4 Å². The van der Waals surface area contributed by atoms with Crippen LogP contribution in [-0.4, -0.2) is 67.0 Å². The van der Waals surface area contributed by atoms with Gasteiger partial charge in [0.25, 0.3) is 5.91 Å². The molecule has 3 amide bonds. The first-order valence-electron chi connectivity index (χ1n) is 8.26. The van der Waals surface area contributed by atoms with E-state index in [2.05, 4.69) is 15.5 Å². The maximum atomic E-state index is 13.0. The Kier molecular flexibility index (Phi) is 5.00. The van der Waals surface area contributed by atoms with E-state index in [0.29, 0.717) is 32.7 Å². The largest absolute Gasteiger partial charge is 0.322 e. The van der Waals surface area contributed by atoms with E-state index in [4.69, 9.17) is 0 Å². The van der Waals surface area contributed by atoms with Crippen LogP contribution in [0.15, 0.2) is 24.3 Å². The molecule has 0 saturated carbocycles. The van der Waals surface area contributed by atoms with Gasteiger partial charge in [-0.2, -0.15) is 4.31 Å². The molecular formula is C16H21FN4O4S. The fourth-order valence-electron chi connectivity index (χ4n) is 3.15. The molecule has 3 rings (SSSR count). The van der Waals surface area contributed by atoms with Crippen LogP contribution in [0.3, 0.4) is 0 Å². The Morgan fingerprint density at radius 3 is 2.27 bits per heavy atom. The molecule has 2 aliphatic heterocycles. The van der Waals surface area contributed by atoms with Gasteiger partial charge >= 0.3 is 6.03 Å². The van der Waals surface area contributed by atoms with Crippen LogP contribution < -0.4 is 10.6 Å². The van der Waals surface area contributed by atoms with Gasteiger partial charge < -0.3 is 5.32 Å². The number of sulfonamides is 1. The molecule has 1 aromatic rings. The average molecular weight is 384 g/mol. The van der Waals surface area contributed by atoms with Crippen LogP contribution in [0, 0.1) is 5.82 Å². The highest BCUT2D eigenvalue weighted by molar-refractivity contribution is 7.89. The van der Waals surface area contributed by atoms with E-state index in [-0.39, 0.29) is 5.82 Å². The van der Waals surface area contributed by atoms with E-state index in [1.54, 1.807) is 12.1 Å². The average Bonchev–Trinajstić information content (AvgIpc) is 2.81. The van der Waals surface area contributed by atoms with E-state index in [1.807, 2.05) is 0 Å². The molecule has 10 heteroatoms. The summed E-state index contributed by atoms with van der Waals surface area (Å²) in [5.74, 6) is -1.41. The van der Waals surface area contributed by atoms with Crippen molar-refractivity contribution in [1.29, 1.82) is 0 Å². The number of nitrogens with zero attached hydrogens (tertiary/aromatic N) is 2. The zero-order valence-electron chi connectivity index (χ0n) is 14.4.